The third-order valence-corrected chi connectivity index (χ3v) is 21.2. The van der Waals surface area contributed by atoms with Gasteiger partial charge in [0.2, 0.25) is 5.95 Å². The molecule has 15 rings (SSSR count). The molecule has 380 valence electrons. The molecule has 1 unspecified atom stereocenters. The second kappa shape index (κ2) is 20.2. The Kier molecular flexibility index (Phi) is 11.9. The zero-order valence-corrected chi connectivity index (χ0v) is 45.3. The van der Waals surface area contributed by atoms with Gasteiger partial charge in [0.15, 0.2) is 19.7 Å². The van der Waals surface area contributed by atoms with Gasteiger partial charge in [0.05, 0.1) is 11.0 Å². The first-order valence-electron chi connectivity index (χ1n) is 27.8. The lowest BCUT2D eigenvalue weighted by Crippen LogP contribution is -2.74. The van der Waals surface area contributed by atoms with Crippen molar-refractivity contribution in [1.29, 1.82) is 0 Å². The zero-order chi connectivity index (χ0) is 53.7. The molecular weight excluding hydrogens is 997 g/mol. The Hall–Kier alpha value is -10.3. The van der Waals surface area contributed by atoms with Gasteiger partial charge in [-0.2, -0.15) is 9.97 Å². The Morgan fingerprint density at radius 3 is 1.25 bits per heavy atom. The minimum atomic E-state index is -3.19. The lowest BCUT2D eigenvalue weighted by atomic mass is 9.88. The van der Waals surface area contributed by atoms with Gasteiger partial charge >= 0.3 is 0 Å². The Morgan fingerprint density at radius 1 is 0.272 bits per heavy atom. The van der Waals surface area contributed by atoms with Crippen molar-refractivity contribution in [2.45, 2.75) is 5.92 Å². The highest BCUT2D eigenvalue weighted by molar-refractivity contribution is 7.20. The molecule has 12 aromatic carbocycles. The molecule has 2 aromatic heterocycles. The van der Waals surface area contributed by atoms with Crippen molar-refractivity contribution in [3.8, 4) is 73.2 Å². The first kappa shape index (κ1) is 47.8. The summed E-state index contributed by atoms with van der Waals surface area (Å²) in [5.41, 5.74) is 17.3. The molecule has 1 aliphatic rings. The molecule has 1 aliphatic carbocycles. The largest absolute Gasteiger partial charge is 0.278 e. The highest BCUT2D eigenvalue weighted by Gasteiger charge is 2.42. The zero-order valence-electron chi connectivity index (χ0n) is 44.3. The Labute approximate surface area is 472 Å². The van der Waals surface area contributed by atoms with Crippen LogP contribution >= 0.6 is 0 Å². The fourth-order valence-electron chi connectivity index (χ4n) is 12.8. The third-order valence-electron chi connectivity index (χ3n) is 16.5. The highest BCUT2D eigenvalue weighted by Crippen LogP contribution is 2.49. The fraction of sp³-hybridized carbons (Fsp3) is 0.0132. The van der Waals surface area contributed by atoms with Gasteiger partial charge in [-0.15, -0.1) is 0 Å². The number of aromatic nitrogens is 4. The molecule has 0 radical (unpaired) electrons. The van der Waals surface area contributed by atoms with Crippen LogP contribution in [0.4, 0.5) is 0 Å². The van der Waals surface area contributed by atoms with Crippen LogP contribution in [0, 0.1) is 0 Å². The van der Waals surface area contributed by atoms with E-state index in [0.29, 0.717) is 17.6 Å². The standard InChI is InChI=1S/C76H52N4Si/c1-5-23-52(24-6-1)55-29-20-36-62(48-55)81(61-34-11-4-12-35-61,63-37-21-30-56(49-63)53-25-7-2-8-26-53)64-38-22-33-60(50-64)75-77-74(78-76(79-75)80-71-43-17-15-40-66(71)67-41-16-18-44-72(67)80)59-32-19-31-58(47-59)73-68-42-14-13-39-65(68)70-51-57(45-46-69(70)73)54-27-9-3-10-28-54/h1-51,73H. The number of rotatable bonds is 11. The second-order valence-corrected chi connectivity index (χ2v) is 24.9. The van der Waals surface area contributed by atoms with Gasteiger partial charge in [-0.3, -0.25) is 4.57 Å². The van der Waals surface area contributed by atoms with Crippen molar-refractivity contribution in [1.82, 2.24) is 19.5 Å². The van der Waals surface area contributed by atoms with E-state index >= 15 is 0 Å². The molecule has 0 saturated carbocycles. The van der Waals surface area contributed by atoms with Crippen molar-refractivity contribution < 1.29 is 0 Å². The molecule has 0 aliphatic heterocycles. The summed E-state index contributed by atoms with van der Waals surface area (Å²) in [6, 6.07) is 113. The van der Waals surface area contributed by atoms with Crippen LogP contribution < -0.4 is 20.7 Å². The van der Waals surface area contributed by atoms with E-state index in [1.807, 2.05) is 0 Å². The van der Waals surface area contributed by atoms with E-state index in [4.69, 9.17) is 15.0 Å². The van der Waals surface area contributed by atoms with Crippen molar-refractivity contribution in [2.24, 2.45) is 0 Å². The van der Waals surface area contributed by atoms with Crippen molar-refractivity contribution >= 4 is 50.6 Å². The summed E-state index contributed by atoms with van der Waals surface area (Å²) >= 11 is 0. The Bertz CT molecular complexity index is 4510. The molecule has 5 heteroatoms. The van der Waals surface area contributed by atoms with Gasteiger partial charge < -0.3 is 0 Å². The Balaban J connectivity index is 0.948. The van der Waals surface area contributed by atoms with Crippen LogP contribution in [0.15, 0.2) is 309 Å². The molecule has 0 spiro atoms. The number of fused-ring (bicyclic) bond motifs is 6. The van der Waals surface area contributed by atoms with E-state index in [2.05, 4.69) is 314 Å². The normalized spacial score (nSPS) is 12.8. The van der Waals surface area contributed by atoms with Gasteiger partial charge in [0.25, 0.3) is 0 Å². The number of nitrogens with zero attached hydrogens (tertiary/aromatic N) is 4. The van der Waals surface area contributed by atoms with E-state index < -0.39 is 8.07 Å². The summed E-state index contributed by atoms with van der Waals surface area (Å²) in [7, 11) is -3.19. The average molecular weight is 1050 g/mol. The molecular formula is C76H52N4Si. The molecule has 4 nitrogen and oxygen atoms in total. The summed E-state index contributed by atoms with van der Waals surface area (Å²) in [5.74, 6) is 1.78. The summed E-state index contributed by atoms with van der Waals surface area (Å²) < 4.78 is 2.22. The summed E-state index contributed by atoms with van der Waals surface area (Å²) in [5, 5.41) is 7.35. The molecule has 0 saturated heterocycles. The number of para-hydroxylation sites is 2. The van der Waals surface area contributed by atoms with Gasteiger partial charge in [-0.05, 0) is 106 Å². The number of hydrogen-bond acceptors (Lipinski definition) is 3. The van der Waals surface area contributed by atoms with Gasteiger partial charge in [0, 0.05) is 27.8 Å². The van der Waals surface area contributed by atoms with E-state index in [0.717, 1.165) is 32.9 Å². The predicted molar refractivity (Wildman–Crippen MR) is 338 cm³/mol. The van der Waals surface area contributed by atoms with Crippen LogP contribution in [0.2, 0.25) is 0 Å². The van der Waals surface area contributed by atoms with Crippen molar-refractivity contribution in [3.63, 3.8) is 0 Å². The minimum Gasteiger partial charge on any atom is -0.278 e. The lowest BCUT2D eigenvalue weighted by molar-refractivity contribution is 0.951. The van der Waals surface area contributed by atoms with E-state index in [-0.39, 0.29) is 5.92 Å². The topological polar surface area (TPSA) is 43.6 Å². The minimum absolute atomic E-state index is 0.0209. The quantitative estimate of drug-likeness (QED) is 0.0958. The summed E-state index contributed by atoms with van der Waals surface area (Å²) in [6.07, 6.45) is 0. The van der Waals surface area contributed by atoms with Gasteiger partial charge in [-0.1, -0.05) is 285 Å². The molecule has 0 N–H and O–H groups in total. The van der Waals surface area contributed by atoms with Crippen molar-refractivity contribution in [2.75, 3.05) is 0 Å². The SMILES string of the molecule is c1ccc(-c2cccc([Si](c3ccccc3)(c3cccc(-c4ccccc4)c3)c3cccc(-c4nc(-c5cccc(C6c7ccccc7-c7cc(-c8ccccc8)ccc76)c5)nc(-n5c6ccccc6c6ccccc65)n4)c3)c2)cc1. The van der Waals surface area contributed by atoms with Gasteiger partial charge in [-0.25, -0.2) is 4.98 Å². The lowest BCUT2D eigenvalue weighted by Gasteiger charge is -2.35. The van der Waals surface area contributed by atoms with Crippen LogP contribution in [0.3, 0.4) is 0 Å². The van der Waals surface area contributed by atoms with Crippen LogP contribution in [0.1, 0.15) is 22.6 Å². The third kappa shape index (κ3) is 8.33. The van der Waals surface area contributed by atoms with Crippen LogP contribution in [-0.2, 0) is 0 Å². The maximum absolute atomic E-state index is 5.57. The number of hydrogen-bond donors (Lipinski definition) is 0. The van der Waals surface area contributed by atoms with Crippen LogP contribution in [0.25, 0.3) is 95.0 Å². The molecule has 0 bridgehead atoms. The van der Waals surface area contributed by atoms with Gasteiger partial charge in [0.1, 0.15) is 0 Å². The van der Waals surface area contributed by atoms with E-state index in [1.54, 1.807) is 0 Å². The highest BCUT2D eigenvalue weighted by atomic mass is 28.3. The van der Waals surface area contributed by atoms with E-state index in [1.165, 1.54) is 81.9 Å². The second-order valence-electron chi connectivity index (χ2n) is 21.1. The smallest absolute Gasteiger partial charge is 0.238 e. The first-order chi connectivity index (χ1) is 40.2. The van der Waals surface area contributed by atoms with Crippen molar-refractivity contribution in [3.05, 3.63) is 326 Å². The number of benzene rings is 12. The molecule has 0 amide bonds. The fourth-order valence-corrected chi connectivity index (χ4v) is 17.6. The first-order valence-corrected chi connectivity index (χ1v) is 29.8. The Morgan fingerprint density at radius 2 is 0.679 bits per heavy atom. The van der Waals surface area contributed by atoms with Crippen LogP contribution in [-0.4, -0.2) is 27.6 Å². The average Bonchev–Trinajstić information content (AvgIpc) is 4.29. The molecule has 0 fully saturated rings. The molecule has 81 heavy (non-hydrogen) atoms. The maximum Gasteiger partial charge on any atom is 0.238 e. The molecule has 14 aromatic rings. The summed E-state index contributed by atoms with van der Waals surface area (Å²) in [6.45, 7) is 0. The molecule has 1 atom stereocenters. The van der Waals surface area contributed by atoms with E-state index in [9.17, 15) is 0 Å². The predicted octanol–water partition coefficient (Wildman–Crippen LogP) is 15.8. The maximum atomic E-state index is 5.57. The molecule has 2 heterocycles. The monoisotopic (exact) mass is 1050 g/mol. The van der Waals surface area contributed by atoms with Crippen LogP contribution in [0.5, 0.6) is 0 Å². The summed E-state index contributed by atoms with van der Waals surface area (Å²) in [4.78, 5) is 16.7.